The highest BCUT2D eigenvalue weighted by Crippen LogP contribution is 2.26. The minimum atomic E-state index is -0.438. The average molecular weight is 317 g/mol. The smallest absolute Gasteiger partial charge is 0.167 e. The maximum Gasteiger partial charge on any atom is 0.167 e. The number of imidazole rings is 1. The molecule has 0 saturated heterocycles. The summed E-state index contributed by atoms with van der Waals surface area (Å²) in [5.41, 5.74) is 1.33. The standard InChI is InChI=1S/C14H18ClFN2O3/c1-19-5-6-21-4-3-18-12-8-13(20-2)10(16)7-11(12)17-14(18)9-15/h7-8H,3-6,9H2,1-2H3. The Balaban J connectivity index is 2.23. The highest BCUT2D eigenvalue weighted by Gasteiger charge is 2.14. The first-order valence-corrected chi connectivity index (χ1v) is 7.10. The molecule has 0 aliphatic rings. The van der Waals surface area contributed by atoms with Crippen molar-refractivity contribution in [2.24, 2.45) is 0 Å². The lowest BCUT2D eigenvalue weighted by atomic mass is 10.3. The molecule has 0 bridgehead atoms. The van der Waals surface area contributed by atoms with Crippen molar-refractivity contribution in [1.29, 1.82) is 0 Å². The van der Waals surface area contributed by atoms with E-state index in [0.717, 1.165) is 5.52 Å². The summed E-state index contributed by atoms with van der Waals surface area (Å²) in [5, 5.41) is 0. The van der Waals surface area contributed by atoms with Gasteiger partial charge in [0.05, 0.1) is 43.8 Å². The Hall–Kier alpha value is -1.37. The number of nitrogens with zero attached hydrogens (tertiary/aromatic N) is 2. The van der Waals surface area contributed by atoms with E-state index in [0.29, 0.717) is 37.7 Å². The highest BCUT2D eigenvalue weighted by atomic mass is 35.5. The van der Waals surface area contributed by atoms with Gasteiger partial charge >= 0.3 is 0 Å². The van der Waals surface area contributed by atoms with E-state index < -0.39 is 5.82 Å². The molecule has 0 amide bonds. The zero-order valence-corrected chi connectivity index (χ0v) is 12.8. The quantitative estimate of drug-likeness (QED) is 0.555. The van der Waals surface area contributed by atoms with E-state index >= 15 is 0 Å². The second-order valence-electron chi connectivity index (χ2n) is 4.39. The molecular formula is C14H18ClFN2O3. The first-order valence-electron chi connectivity index (χ1n) is 6.56. The van der Waals surface area contributed by atoms with Gasteiger partial charge in [-0.1, -0.05) is 0 Å². The molecule has 7 heteroatoms. The molecule has 1 heterocycles. The van der Waals surface area contributed by atoms with Crippen LogP contribution in [0.1, 0.15) is 5.82 Å². The normalized spacial score (nSPS) is 11.2. The van der Waals surface area contributed by atoms with Crippen LogP contribution in [0.25, 0.3) is 11.0 Å². The molecule has 1 aromatic carbocycles. The summed E-state index contributed by atoms with van der Waals surface area (Å²) in [7, 11) is 3.06. The number of aromatic nitrogens is 2. The van der Waals surface area contributed by atoms with Crippen LogP contribution in [-0.4, -0.2) is 43.6 Å². The van der Waals surface area contributed by atoms with E-state index in [1.54, 1.807) is 13.2 Å². The topological polar surface area (TPSA) is 45.5 Å². The lowest BCUT2D eigenvalue weighted by Crippen LogP contribution is -2.11. The molecule has 0 fully saturated rings. The number of ether oxygens (including phenoxy) is 3. The zero-order valence-electron chi connectivity index (χ0n) is 12.1. The van der Waals surface area contributed by atoms with E-state index in [-0.39, 0.29) is 11.6 Å². The summed E-state index contributed by atoms with van der Waals surface area (Å²) >= 11 is 5.91. The Kier molecular flexibility index (Phi) is 5.78. The van der Waals surface area contributed by atoms with Gasteiger partial charge in [-0.25, -0.2) is 9.37 Å². The van der Waals surface area contributed by atoms with Gasteiger partial charge in [0, 0.05) is 25.8 Å². The van der Waals surface area contributed by atoms with Crippen LogP contribution >= 0.6 is 11.6 Å². The number of benzene rings is 1. The average Bonchev–Trinajstić information content (AvgIpc) is 2.83. The molecule has 5 nitrogen and oxygen atoms in total. The Labute approximate surface area is 127 Å². The highest BCUT2D eigenvalue weighted by molar-refractivity contribution is 6.16. The molecule has 1 aromatic heterocycles. The van der Waals surface area contributed by atoms with Crippen molar-refractivity contribution in [3.8, 4) is 5.75 Å². The van der Waals surface area contributed by atoms with Gasteiger partial charge in [-0.2, -0.15) is 0 Å². The maximum atomic E-state index is 13.7. The van der Waals surface area contributed by atoms with Crippen molar-refractivity contribution in [1.82, 2.24) is 9.55 Å². The number of hydrogen-bond acceptors (Lipinski definition) is 4. The van der Waals surface area contributed by atoms with E-state index in [2.05, 4.69) is 4.98 Å². The van der Waals surface area contributed by atoms with Crippen molar-refractivity contribution >= 4 is 22.6 Å². The second-order valence-corrected chi connectivity index (χ2v) is 4.66. The third-order valence-electron chi connectivity index (χ3n) is 3.11. The van der Waals surface area contributed by atoms with Gasteiger partial charge in [0.2, 0.25) is 0 Å². The second kappa shape index (κ2) is 7.59. The van der Waals surface area contributed by atoms with Crippen LogP contribution in [0.5, 0.6) is 5.75 Å². The fourth-order valence-electron chi connectivity index (χ4n) is 2.08. The van der Waals surface area contributed by atoms with Gasteiger partial charge in [0.15, 0.2) is 11.6 Å². The molecule has 2 aromatic rings. The van der Waals surface area contributed by atoms with Gasteiger partial charge in [0.25, 0.3) is 0 Å². The summed E-state index contributed by atoms with van der Waals surface area (Å²) in [6.07, 6.45) is 0. The molecule has 0 radical (unpaired) electrons. The largest absolute Gasteiger partial charge is 0.494 e. The monoisotopic (exact) mass is 316 g/mol. The fraction of sp³-hybridized carbons (Fsp3) is 0.500. The van der Waals surface area contributed by atoms with E-state index in [9.17, 15) is 4.39 Å². The van der Waals surface area contributed by atoms with Crippen LogP contribution in [0.3, 0.4) is 0 Å². The minimum Gasteiger partial charge on any atom is -0.494 e. The lowest BCUT2D eigenvalue weighted by Gasteiger charge is -2.09. The number of halogens is 2. The summed E-state index contributed by atoms with van der Waals surface area (Å²) in [6, 6.07) is 2.98. The molecule has 0 aliphatic carbocycles. The van der Waals surface area contributed by atoms with E-state index in [1.165, 1.54) is 13.2 Å². The molecular weight excluding hydrogens is 299 g/mol. The van der Waals surface area contributed by atoms with Crippen molar-refractivity contribution < 1.29 is 18.6 Å². The van der Waals surface area contributed by atoms with Gasteiger partial charge in [-0.05, 0) is 0 Å². The molecule has 116 valence electrons. The Morgan fingerprint density at radius 1 is 1.24 bits per heavy atom. The molecule has 2 rings (SSSR count). The van der Waals surface area contributed by atoms with Gasteiger partial charge in [0.1, 0.15) is 5.82 Å². The van der Waals surface area contributed by atoms with Crippen molar-refractivity contribution in [2.75, 3.05) is 34.0 Å². The summed E-state index contributed by atoms with van der Waals surface area (Å²) in [6.45, 7) is 2.15. The predicted molar refractivity (Wildman–Crippen MR) is 78.5 cm³/mol. The number of hydrogen-bond donors (Lipinski definition) is 0. The zero-order chi connectivity index (χ0) is 15.2. The molecule has 0 N–H and O–H groups in total. The number of fused-ring (bicyclic) bond motifs is 1. The van der Waals surface area contributed by atoms with Crippen LogP contribution < -0.4 is 4.74 Å². The number of alkyl halides is 1. The van der Waals surface area contributed by atoms with E-state index in [1.807, 2.05) is 4.57 Å². The minimum absolute atomic E-state index is 0.185. The van der Waals surface area contributed by atoms with Gasteiger partial charge in [-0.15, -0.1) is 11.6 Å². The molecule has 0 spiro atoms. The lowest BCUT2D eigenvalue weighted by molar-refractivity contribution is 0.0667. The predicted octanol–water partition coefficient (Wildman–Crippen LogP) is 2.59. The Bertz CT molecular complexity index is 603. The maximum absolute atomic E-state index is 13.7. The Morgan fingerprint density at radius 2 is 2.05 bits per heavy atom. The van der Waals surface area contributed by atoms with Crippen LogP contribution in [-0.2, 0) is 21.9 Å². The molecule has 0 unspecified atom stereocenters. The van der Waals surface area contributed by atoms with Crippen LogP contribution in [0.4, 0.5) is 4.39 Å². The third kappa shape index (κ3) is 3.64. The summed E-state index contributed by atoms with van der Waals surface area (Å²) in [4.78, 5) is 4.34. The van der Waals surface area contributed by atoms with E-state index in [4.69, 9.17) is 25.8 Å². The van der Waals surface area contributed by atoms with Crippen LogP contribution in [0, 0.1) is 5.82 Å². The van der Waals surface area contributed by atoms with Crippen LogP contribution in [0.2, 0.25) is 0 Å². The third-order valence-corrected chi connectivity index (χ3v) is 3.35. The fourth-order valence-corrected chi connectivity index (χ4v) is 2.29. The Morgan fingerprint density at radius 3 is 2.71 bits per heavy atom. The SMILES string of the molecule is COCCOCCn1c(CCl)nc2cc(F)c(OC)cc21. The first kappa shape index (κ1) is 16.0. The van der Waals surface area contributed by atoms with Crippen molar-refractivity contribution in [2.45, 2.75) is 12.4 Å². The van der Waals surface area contributed by atoms with Gasteiger partial charge in [-0.3, -0.25) is 0 Å². The summed E-state index contributed by atoms with van der Waals surface area (Å²) < 4.78 is 31.0. The summed E-state index contributed by atoms with van der Waals surface area (Å²) in [5.74, 6) is 0.670. The number of rotatable bonds is 8. The van der Waals surface area contributed by atoms with Gasteiger partial charge < -0.3 is 18.8 Å². The molecule has 0 aliphatic heterocycles. The number of methoxy groups -OCH3 is 2. The molecule has 0 atom stereocenters. The van der Waals surface area contributed by atoms with Crippen molar-refractivity contribution in [3.63, 3.8) is 0 Å². The van der Waals surface area contributed by atoms with Crippen molar-refractivity contribution in [3.05, 3.63) is 23.8 Å². The molecule has 21 heavy (non-hydrogen) atoms. The first-order chi connectivity index (χ1) is 10.2. The van der Waals surface area contributed by atoms with Crippen LogP contribution in [0.15, 0.2) is 12.1 Å². The molecule has 0 saturated carbocycles.